The van der Waals surface area contributed by atoms with Gasteiger partial charge in [-0.2, -0.15) is 15.8 Å². The lowest BCUT2D eigenvalue weighted by molar-refractivity contribution is -0.289. The highest BCUT2D eigenvalue weighted by Gasteiger charge is 2.80. The molecule has 2 aromatic rings. The number of ether oxygens (including phenoxy) is 3. The summed E-state index contributed by atoms with van der Waals surface area (Å²) in [6.07, 6.45) is 3.66. The first-order chi connectivity index (χ1) is 17.0. The van der Waals surface area contributed by atoms with Crippen LogP contribution in [0, 0.1) is 56.2 Å². The molecule has 2 saturated heterocycles. The smallest absolute Gasteiger partial charge is 0.217 e. The number of benzene rings is 2. The molecular weight excluding hydrogens is 440 g/mol. The van der Waals surface area contributed by atoms with Crippen molar-refractivity contribution in [1.29, 1.82) is 21.2 Å². The molecule has 7 heteroatoms. The maximum Gasteiger partial charge on any atom is 0.217 e. The molecule has 0 radical (unpaired) electrons. The summed E-state index contributed by atoms with van der Waals surface area (Å²) in [5.41, 5.74) is -2.09. The van der Waals surface area contributed by atoms with Crippen molar-refractivity contribution in [1.82, 2.24) is 0 Å². The third kappa shape index (κ3) is 3.29. The van der Waals surface area contributed by atoms with E-state index in [9.17, 15) is 15.8 Å². The average molecular weight is 467 g/mol. The van der Waals surface area contributed by atoms with Crippen LogP contribution in [0.5, 0.6) is 5.75 Å². The summed E-state index contributed by atoms with van der Waals surface area (Å²) in [5.74, 6) is -1.52. The van der Waals surface area contributed by atoms with Gasteiger partial charge in [0.25, 0.3) is 0 Å². The molecule has 3 fully saturated rings. The third-order valence-electron chi connectivity index (χ3n) is 7.73. The summed E-state index contributed by atoms with van der Waals surface area (Å²) in [7, 11) is 0. The van der Waals surface area contributed by atoms with Crippen molar-refractivity contribution >= 4 is 5.90 Å². The molecular formula is C28H26N4O3. The Balaban J connectivity index is 1.58. The number of nitrogens with zero attached hydrogens (tertiary/aromatic N) is 3. The van der Waals surface area contributed by atoms with Gasteiger partial charge in [0.2, 0.25) is 17.1 Å². The topological polar surface area (TPSA) is 123 Å². The molecule has 2 aliphatic heterocycles. The molecule has 2 heterocycles. The van der Waals surface area contributed by atoms with Crippen molar-refractivity contribution in [3.63, 3.8) is 0 Å². The minimum Gasteiger partial charge on any atom is -0.489 e. The van der Waals surface area contributed by atoms with Crippen LogP contribution in [0.4, 0.5) is 0 Å². The molecule has 0 amide bonds. The molecule has 1 aliphatic carbocycles. The SMILES string of the molecule is N#CC1(C#N)C(c2cccc(OCc3ccccc3)c2)OC23CCCCCCC2C1(C#N)C(=N)O3. The van der Waals surface area contributed by atoms with Crippen LogP contribution in [0.3, 0.4) is 0 Å². The first-order valence-corrected chi connectivity index (χ1v) is 12.0. The minimum atomic E-state index is -1.94. The second-order valence-corrected chi connectivity index (χ2v) is 9.54. The van der Waals surface area contributed by atoms with Gasteiger partial charge in [0, 0.05) is 6.42 Å². The van der Waals surface area contributed by atoms with E-state index in [-0.39, 0.29) is 5.90 Å². The molecule has 0 aromatic heterocycles. The highest BCUT2D eigenvalue weighted by atomic mass is 16.7. The normalized spacial score (nSPS) is 30.8. The van der Waals surface area contributed by atoms with E-state index >= 15 is 0 Å². The van der Waals surface area contributed by atoms with Gasteiger partial charge in [-0.15, -0.1) is 0 Å². The first-order valence-electron chi connectivity index (χ1n) is 12.0. The van der Waals surface area contributed by atoms with Gasteiger partial charge in [0.15, 0.2) is 5.41 Å². The van der Waals surface area contributed by atoms with Gasteiger partial charge in [-0.3, -0.25) is 5.41 Å². The lowest BCUT2D eigenvalue weighted by Gasteiger charge is -2.50. The van der Waals surface area contributed by atoms with Crippen LogP contribution >= 0.6 is 0 Å². The summed E-state index contributed by atoms with van der Waals surface area (Å²) in [5, 5.41) is 40.1. The Morgan fingerprint density at radius 3 is 2.46 bits per heavy atom. The fraction of sp³-hybridized carbons (Fsp3) is 0.429. The van der Waals surface area contributed by atoms with E-state index in [1.165, 1.54) is 0 Å². The van der Waals surface area contributed by atoms with Crippen LogP contribution in [0.25, 0.3) is 0 Å². The zero-order valence-electron chi connectivity index (χ0n) is 19.4. The zero-order chi connectivity index (χ0) is 24.5. The molecule has 35 heavy (non-hydrogen) atoms. The van der Waals surface area contributed by atoms with Crippen molar-refractivity contribution in [2.45, 2.75) is 57.0 Å². The Labute approximate surface area is 205 Å². The predicted molar refractivity (Wildman–Crippen MR) is 125 cm³/mol. The van der Waals surface area contributed by atoms with Crippen LogP contribution in [-0.4, -0.2) is 11.7 Å². The van der Waals surface area contributed by atoms with Crippen LogP contribution in [0.15, 0.2) is 54.6 Å². The molecule has 1 saturated carbocycles. The van der Waals surface area contributed by atoms with E-state index in [0.717, 1.165) is 31.2 Å². The monoisotopic (exact) mass is 466 g/mol. The Kier molecular flexibility index (Phi) is 5.72. The predicted octanol–water partition coefficient (Wildman–Crippen LogP) is 5.55. The average Bonchev–Trinajstić information content (AvgIpc) is 3.05. The fourth-order valence-electron chi connectivity index (χ4n) is 6.02. The van der Waals surface area contributed by atoms with Crippen LogP contribution in [0.2, 0.25) is 0 Å². The molecule has 5 rings (SSSR count). The third-order valence-corrected chi connectivity index (χ3v) is 7.73. The molecule has 4 unspecified atom stereocenters. The fourth-order valence-corrected chi connectivity index (χ4v) is 6.02. The van der Waals surface area contributed by atoms with Crippen molar-refractivity contribution < 1.29 is 14.2 Å². The van der Waals surface area contributed by atoms with E-state index in [2.05, 4.69) is 18.2 Å². The summed E-state index contributed by atoms with van der Waals surface area (Å²) in [6.45, 7) is 0.360. The standard InChI is InChI=1S/C28H26N4O3/c29-17-26(18-30)24(21-11-8-12-22(15-21)33-16-20-9-4-3-5-10-20)34-28-14-7-2-1-6-13-23(28)27(26,19-31)25(32)35-28/h3-5,8-12,15,23-24,32H,1-2,6-7,13-14,16H2. The molecule has 4 atom stereocenters. The van der Waals surface area contributed by atoms with Gasteiger partial charge in [-0.1, -0.05) is 61.7 Å². The Bertz CT molecular complexity index is 1240. The van der Waals surface area contributed by atoms with Crippen LogP contribution in [0.1, 0.15) is 55.8 Å². The lowest BCUT2D eigenvalue weighted by atomic mass is 9.52. The van der Waals surface area contributed by atoms with E-state index in [4.69, 9.17) is 19.6 Å². The van der Waals surface area contributed by atoms with Crippen molar-refractivity contribution in [3.05, 3.63) is 65.7 Å². The van der Waals surface area contributed by atoms with Gasteiger partial charge in [-0.25, -0.2) is 0 Å². The molecule has 1 N–H and O–H groups in total. The quantitative estimate of drug-likeness (QED) is 0.630. The zero-order valence-corrected chi connectivity index (χ0v) is 19.4. The van der Waals surface area contributed by atoms with Crippen LogP contribution in [-0.2, 0) is 16.1 Å². The first kappa shape index (κ1) is 22.9. The second-order valence-electron chi connectivity index (χ2n) is 9.54. The van der Waals surface area contributed by atoms with Gasteiger partial charge in [0.1, 0.15) is 18.5 Å². The van der Waals surface area contributed by atoms with E-state index in [1.807, 2.05) is 30.3 Å². The van der Waals surface area contributed by atoms with E-state index in [0.29, 0.717) is 30.8 Å². The highest BCUT2D eigenvalue weighted by molar-refractivity contribution is 5.89. The lowest BCUT2D eigenvalue weighted by Crippen LogP contribution is -2.59. The summed E-state index contributed by atoms with van der Waals surface area (Å²) in [4.78, 5) is 0. The Morgan fingerprint density at radius 1 is 0.943 bits per heavy atom. The Hall–Kier alpha value is -3.86. The molecule has 3 aliphatic rings. The molecule has 7 nitrogen and oxygen atoms in total. The summed E-state index contributed by atoms with van der Waals surface area (Å²) < 4.78 is 18.6. The molecule has 0 spiro atoms. The minimum absolute atomic E-state index is 0.325. The molecule has 176 valence electrons. The number of nitriles is 3. The Morgan fingerprint density at radius 2 is 1.71 bits per heavy atom. The van der Waals surface area contributed by atoms with Crippen LogP contribution < -0.4 is 4.74 Å². The molecule has 2 bridgehead atoms. The number of hydrogen-bond donors (Lipinski definition) is 1. The maximum absolute atomic E-state index is 10.5. The maximum atomic E-state index is 10.5. The van der Waals surface area contributed by atoms with Crippen molar-refractivity contribution in [2.75, 3.05) is 0 Å². The second kappa shape index (κ2) is 8.73. The van der Waals surface area contributed by atoms with Gasteiger partial charge < -0.3 is 14.2 Å². The largest absolute Gasteiger partial charge is 0.489 e. The van der Waals surface area contributed by atoms with E-state index in [1.54, 1.807) is 24.3 Å². The van der Waals surface area contributed by atoms with E-state index < -0.39 is 28.6 Å². The van der Waals surface area contributed by atoms with Gasteiger partial charge in [0.05, 0.1) is 24.1 Å². The number of nitrogens with one attached hydrogen (secondary N) is 1. The van der Waals surface area contributed by atoms with Gasteiger partial charge in [-0.05, 0) is 36.1 Å². The molecule has 2 aromatic carbocycles. The number of rotatable bonds is 4. The van der Waals surface area contributed by atoms with Crippen molar-refractivity contribution in [2.24, 2.45) is 16.7 Å². The number of hydrogen-bond acceptors (Lipinski definition) is 7. The summed E-state index contributed by atoms with van der Waals surface area (Å²) >= 11 is 0. The highest BCUT2D eigenvalue weighted by Crippen LogP contribution is 2.68. The summed E-state index contributed by atoms with van der Waals surface area (Å²) in [6, 6.07) is 23.4. The van der Waals surface area contributed by atoms with Gasteiger partial charge >= 0.3 is 0 Å². The van der Waals surface area contributed by atoms with Crippen molar-refractivity contribution in [3.8, 4) is 24.0 Å².